The topological polar surface area (TPSA) is 3.24 Å². The summed E-state index contributed by atoms with van der Waals surface area (Å²) in [6.07, 6.45) is 2.28. The van der Waals surface area contributed by atoms with Crippen LogP contribution in [-0.2, 0) is 0 Å². The first-order chi connectivity index (χ1) is 7.31. The molecule has 1 aliphatic heterocycles. The van der Waals surface area contributed by atoms with Crippen LogP contribution in [0.4, 0.5) is 0 Å². The van der Waals surface area contributed by atoms with Gasteiger partial charge in [-0.05, 0) is 18.6 Å². The first kappa shape index (κ1) is 20.6. The number of rotatable bonds is 3. The van der Waals surface area contributed by atoms with Gasteiger partial charge in [-0.2, -0.15) is 6.42 Å². The van der Waals surface area contributed by atoms with Crippen LogP contribution in [0, 0.1) is 6.92 Å². The number of halogens is 1. The summed E-state index contributed by atoms with van der Waals surface area (Å²) >= 11 is 5.84. The van der Waals surface area contributed by atoms with Crippen molar-refractivity contribution in [2.45, 2.75) is 58.0 Å². The van der Waals surface area contributed by atoms with Crippen LogP contribution >= 0.6 is 11.6 Å². The van der Waals surface area contributed by atoms with Crippen molar-refractivity contribution < 1.29 is 18.9 Å². The zero-order valence-corrected chi connectivity index (χ0v) is 15.5. The average molecular weight is 286 g/mol. The molecule has 0 unspecified atom stereocenters. The van der Waals surface area contributed by atoms with Gasteiger partial charge in [-0.25, -0.2) is 0 Å². The van der Waals surface area contributed by atoms with Crippen molar-refractivity contribution in [2.75, 3.05) is 12.4 Å². The summed E-state index contributed by atoms with van der Waals surface area (Å²) in [6.45, 7) is 16.8. The quantitative estimate of drug-likeness (QED) is 0.432. The molecule has 1 fully saturated rings. The molecular formula is C12H29ClLiNSi2. The van der Waals surface area contributed by atoms with Gasteiger partial charge in [0.1, 0.15) is 16.5 Å². The predicted octanol–water partition coefficient (Wildman–Crippen LogP) is 1.58. The molecule has 0 aromatic carbocycles. The summed E-state index contributed by atoms with van der Waals surface area (Å²) in [4.78, 5) is 0. The summed E-state index contributed by atoms with van der Waals surface area (Å²) in [7, 11) is -2.03. The zero-order chi connectivity index (χ0) is 12.8. The number of hydrogen-bond donors (Lipinski definition) is 0. The van der Waals surface area contributed by atoms with Crippen molar-refractivity contribution in [3.8, 4) is 0 Å². The van der Waals surface area contributed by atoms with Crippen LogP contribution in [0.15, 0.2) is 0 Å². The minimum Gasteiger partial charge on any atom is -0.344 e. The minimum atomic E-state index is -1.02. The molecule has 0 radical (unpaired) electrons. The number of nitrogens with zero attached hydrogens (tertiary/aromatic N) is 1. The van der Waals surface area contributed by atoms with Crippen LogP contribution in [0.1, 0.15) is 19.8 Å². The van der Waals surface area contributed by atoms with Crippen molar-refractivity contribution in [1.82, 2.24) is 4.23 Å². The van der Waals surface area contributed by atoms with E-state index >= 15 is 0 Å². The molecule has 1 rings (SSSR count). The Bertz CT molecular complexity index is 183. The molecule has 0 N–H and O–H groups in total. The fourth-order valence-corrected chi connectivity index (χ4v) is 16.9. The van der Waals surface area contributed by atoms with Gasteiger partial charge in [-0.3, -0.25) is 0 Å². The van der Waals surface area contributed by atoms with Crippen molar-refractivity contribution >= 4 is 28.1 Å². The van der Waals surface area contributed by atoms with Gasteiger partial charge < -0.3 is 11.2 Å². The monoisotopic (exact) mass is 285 g/mol. The van der Waals surface area contributed by atoms with Gasteiger partial charge in [0.05, 0.1) is 0 Å². The van der Waals surface area contributed by atoms with Gasteiger partial charge >= 0.3 is 18.9 Å². The molecule has 98 valence electrons. The molecule has 0 aromatic heterocycles. The maximum atomic E-state index is 5.84. The summed E-state index contributed by atoms with van der Waals surface area (Å²) in [5.41, 5.74) is 0. The SMILES string of the molecule is C[Si]1(C)CC[Si](C)(C)N1CCCl.[CH2-]CCC.[Li+]. The molecule has 1 nitrogen and oxygen atoms in total. The molecule has 5 heteroatoms. The third-order valence-electron chi connectivity index (χ3n) is 3.47. The fraction of sp³-hybridized carbons (Fsp3) is 0.917. The molecule has 0 bridgehead atoms. The van der Waals surface area contributed by atoms with Crippen LogP contribution < -0.4 is 18.9 Å². The molecule has 0 amide bonds. The summed E-state index contributed by atoms with van der Waals surface area (Å²) in [5, 5.41) is 0. The summed E-state index contributed by atoms with van der Waals surface area (Å²) in [6, 6.07) is 2.98. The Kier molecular flexibility index (Phi) is 11.2. The Hall–Kier alpha value is 1.28. The summed E-state index contributed by atoms with van der Waals surface area (Å²) < 4.78 is 2.81. The fourth-order valence-electron chi connectivity index (χ4n) is 2.39. The zero-order valence-electron chi connectivity index (χ0n) is 12.8. The van der Waals surface area contributed by atoms with Crippen LogP contribution in [0.25, 0.3) is 0 Å². The molecule has 0 aromatic rings. The smallest absolute Gasteiger partial charge is 0.344 e. The molecule has 1 aliphatic rings. The van der Waals surface area contributed by atoms with E-state index in [0.717, 1.165) is 18.8 Å². The van der Waals surface area contributed by atoms with E-state index in [0.29, 0.717) is 0 Å². The van der Waals surface area contributed by atoms with E-state index in [9.17, 15) is 0 Å². The molecule has 0 saturated carbocycles. The van der Waals surface area contributed by atoms with Crippen LogP contribution in [0.2, 0.25) is 38.3 Å². The van der Waals surface area contributed by atoms with E-state index in [1.165, 1.54) is 18.5 Å². The van der Waals surface area contributed by atoms with Crippen molar-refractivity contribution in [3.63, 3.8) is 0 Å². The second-order valence-corrected chi connectivity index (χ2v) is 16.0. The van der Waals surface area contributed by atoms with Gasteiger partial charge in [0.25, 0.3) is 0 Å². The molecular weight excluding hydrogens is 257 g/mol. The Balaban J connectivity index is 0. The number of hydrogen-bond acceptors (Lipinski definition) is 1. The summed E-state index contributed by atoms with van der Waals surface area (Å²) in [5.74, 6) is 0.812. The van der Waals surface area contributed by atoms with Gasteiger partial charge in [-0.15, -0.1) is 11.6 Å². The number of alkyl halides is 1. The Morgan fingerprint density at radius 2 is 1.47 bits per heavy atom. The Labute approximate surface area is 128 Å². The molecule has 1 heterocycles. The van der Waals surface area contributed by atoms with Crippen LogP contribution in [0.5, 0.6) is 0 Å². The predicted molar refractivity (Wildman–Crippen MR) is 82.3 cm³/mol. The second kappa shape index (κ2) is 9.23. The first-order valence-electron chi connectivity index (χ1n) is 6.44. The van der Waals surface area contributed by atoms with Gasteiger partial charge in [0, 0.05) is 5.88 Å². The minimum absolute atomic E-state index is 0. The van der Waals surface area contributed by atoms with E-state index in [-0.39, 0.29) is 18.9 Å². The molecule has 17 heavy (non-hydrogen) atoms. The number of unbranched alkanes of at least 4 members (excludes halogenated alkanes) is 1. The van der Waals surface area contributed by atoms with Crippen molar-refractivity contribution in [2.24, 2.45) is 0 Å². The maximum Gasteiger partial charge on any atom is 1.00 e. The van der Waals surface area contributed by atoms with E-state index in [1.807, 2.05) is 0 Å². The second-order valence-electron chi connectivity index (χ2n) is 5.82. The maximum absolute atomic E-state index is 5.84. The van der Waals surface area contributed by atoms with Crippen LogP contribution in [-0.4, -0.2) is 33.1 Å². The average Bonchev–Trinajstić information content (AvgIpc) is 2.42. The first-order valence-corrected chi connectivity index (χ1v) is 13.3. The van der Waals surface area contributed by atoms with Crippen molar-refractivity contribution in [3.05, 3.63) is 6.92 Å². The molecule has 0 atom stereocenters. The van der Waals surface area contributed by atoms with E-state index in [2.05, 4.69) is 44.3 Å². The van der Waals surface area contributed by atoms with E-state index in [1.54, 1.807) is 0 Å². The standard InChI is InChI=1S/C8H20ClNSi2.C4H9.Li/c1-11(2)7-8-12(3,4)10(11)6-5-9;1-3-4-2;/h5-8H2,1-4H3;1,3-4H2,2H3;/q;-1;+1. The Morgan fingerprint density at radius 3 is 1.71 bits per heavy atom. The van der Waals surface area contributed by atoms with Gasteiger partial charge in [0.2, 0.25) is 0 Å². The molecule has 1 saturated heterocycles. The largest absolute Gasteiger partial charge is 1.00 e. The van der Waals surface area contributed by atoms with Gasteiger partial charge in [0.15, 0.2) is 0 Å². The molecule has 0 spiro atoms. The third-order valence-corrected chi connectivity index (χ3v) is 14.1. The van der Waals surface area contributed by atoms with E-state index < -0.39 is 16.5 Å². The van der Waals surface area contributed by atoms with Crippen LogP contribution in [0.3, 0.4) is 0 Å². The normalized spacial score (nSPS) is 21.4. The van der Waals surface area contributed by atoms with Gasteiger partial charge in [-0.1, -0.05) is 39.5 Å². The molecule has 0 aliphatic carbocycles. The van der Waals surface area contributed by atoms with Crippen molar-refractivity contribution in [1.29, 1.82) is 0 Å². The third kappa shape index (κ3) is 6.84. The Morgan fingerprint density at radius 1 is 1.12 bits per heavy atom. The van der Waals surface area contributed by atoms with E-state index in [4.69, 9.17) is 11.6 Å².